The number of carbonyl (C=O) groups is 1. The summed E-state index contributed by atoms with van der Waals surface area (Å²) in [4.78, 5) is 21.5. The predicted octanol–water partition coefficient (Wildman–Crippen LogP) is 5.55. The largest absolute Gasteiger partial charge is 0.495 e. The van der Waals surface area contributed by atoms with Crippen molar-refractivity contribution in [2.75, 3.05) is 18.7 Å². The zero-order valence-electron chi connectivity index (χ0n) is 16.6. The summed E-state index contributed by atoms with van der Waals surface area (Å²) in [6, 6.07) is 10.4. The third-order valence-electron chi connectivity index (χ3n) is 4.79. The molecule has 2 aromatic carbocycles. The van der Waals surface area contributed by atoms with Crippen molar-refractivity contribution < 1.29 is 13.9 Å². The highest BCUT2D eigenvalue weighted by Crippen LogP contribution is 2.41. The van der Waals surface area contributed by atoms with Gasteiger partial charge in [-0.2, -0.15) is 0 Å². The van der Waals surface area contributed by atoms with Crippen molar-refractivity contribution in [2.45, 2.75) is 18.9 Å². The number of allylic oxidation sites excluding steroid dienone is 1. The molecule has 0 saturated heterocycles. The number of ether oxygens (including phenoxy) is 1. The molecular formula is C22H19ClFN3O2S. The zero-order chi connectivity index (χ0) is 21.8. The molecule has 1 heterocycles. The molecule has 2 unspecified atom stereocenters. The summed E-state index contributed by atoms with van der Waals surface area (Å²) in [5, 5.41) is 3.60. The Morgan fingerprint density at radius 3 is 2.70 bits per heavy atom. The molecule has 0 aliphatic carbocycles. The number of rotatable bonds is 4. The number of para-hydroxylation sites is 2. The number of methoxy groups -OCH3 is 1. The van der Waals surface area contributed by atoms with E-state index in [4.69, 9.17) is 22.9 Å². The fourth-order valence-corrected chi connectivity index (χ4v) is 4.25. The lowest BCUT2D eigenvalue weighted by Crippen LogP contribution is -2.34. The van der Waals surface area contributed by atoms with E-state index in [1.54, 1.807) is 43.5 Å². The number of nitrogens with zero attached hydrogens (tertiary/aromatic N) is 2. The number of hydrogen-bond donors (Lipinski definition) is 1. The highest BCUT2D eigenvalue weighted by molar-refractivity contribution is 8.13. The first-order valence-electron chi connectivity index (χ1n) is 9.00. The lowest BCUT2D eigenvalue weighted by Gasteiger charge is -2.27. The maximum absolute atomic E-state index is 14.9. The number of anilines is 1. The highest BCUT2D eigenvalue weighted by Gasteiger charge is 2.43. The molecule has 5 nitrogen and oxygen atoms in total. The molecule has 0 spiro atoms. The predicted molar refractivity (Wildman–Crippen MR) is 120 cm³/mol. The zero-order valence-corrected chi connectivity index (χ0v) is 18.1. The monoisotopic (exact) mass is 443 g/mol. The van der Waals surface area contributed by atoms with Crippen LogP contribution in [0.4, 0.5) is 10.1 Å². The van der Waals surface area contributed by atoms with Crippen LogP contribution in [0.15, 0.2) is 58.7 Å². The van der Waals surface area contributed by atoms with Crippen molar-refractivity contribution in [3.05, 3.63) is 81.6 Å². The topological polar surface area (TPSA) is 55.0 Å². The summed E-state index contributed by atoms with van der Waals surface area (Å²) in [6.45, 7) is 9.40. The van der Waals surface area contributed by atoms with E-state index in [2.05, 4.69) is 15.2 Å². The molecule has 0 aromatic heterocycles. The fourth-order valence-electron chi connectivity index (χ4n) is 3.44. The van der Waals surface area contributed by atoms with E-state index < -0.39 is 23.7 Å². The number of carbonyl (C=O) groups excluding carboxylic acids is 1. The first-order chi connectivity index (χ1) is 14.4. The molecule has 8 heteroatoms. The molecule has 0 radical (unpaired) electrons. The van der Waals surface area contributed by atoms with Gasteiger partial charge in [0, 0.05) is 16.3 Å². The summed E-state index contributed by atoms with van der Waals surface area (Å²) < 4.78 is 20.2. The Kier molecular flexibility index (Phi) is 6.80. The van der Waals surface area contributed by atoms with Crippen molar-refractivity contribution in [2.24, 2.45) is 4.99 Å². The minimum atomic E-state index is -0.825. The summed E-state index contributed by atoms with van der Waals surface area (Å²) in [6.07, 6.45) is 1.81. The molecule has 0 saturated carbocycles. The summed E-state index contributed by atoms with van der Waals surface area (Å²) in [5.74, 6) is -1.37. The lowest BCUT2D eigenvalue weighted by molar-refractivity contribution is -0.113. The van der Waals surface area contributed by atoms with Crippen LogP contribution in [0.3, 0.4) is 0 Å². The Balaban J connectivity index is 2.13. The van der Waals surface area contributed by atoms with E-state index in [-0.39, 0.29) is 16.2 Å². The van der Waals surface area contributed by atoms with Gasteiger partial charge in [-0.15, -0.1) is 11.8 Å². The normalized spacial score (nSPS) is 18.5. The van der Waals surface area contributed by atoms with Gasteiger partial charge in [-0.25, -0.2) is 16.0 Å². The number of benzene rings is 2. The number of halogens is 2. The lowest BCUT2D eigenvalue weighted by atomic mass is 9.82. The van der Waals surface area contributed by atoms with E-state index in [0.29, 0.717) is 22.2 Å². The highest BCUT2D eigenvalue weighted by atomic mass is 35.5. The molecule has 3 rings (SSSR count). The molecular weight excluding hydrogens is 425 g/mol. The van der Waals surface area contributed by atoms with E-state index in [0.717, 1.165) is 0 Å². The van der Waals surface area contributed by atoms with Gasteiger partial charge in [-0.05, 0) is 37.4 Å². The van der Waals surface area contributed by atoms with Crippen LogP contribution < -0.4 is 10.1 Å². The molecule has 1 aliphatic rings. The number of thioether (sulfide) groups is 1. The SMILES string of the molecule is [C-]#[N+]C1C(SC)=NC(C)=C(C(=O)Nc2ccccc2OC)C1c1ccc(Cl)cc1F. The van der Waals surface area contributed by atoms with Crippen LogP contribution in [-0.4, -0.2) is 30.4 Å². The number of amides is 1. The Labute approximate surface area is 183 Å². The molecule has 1 amide bonds. The Hall–Kier alpha value is -2.82. The number of aliphatic imine (C=N–C) groups is 1. The van der Waals surface area contributed by atoms with Crippen LogP contribution in [-0.2, 0) is 4.79 Å². The third-order valence-corrected chi connectivity index (χ3v) is 5.78. The minimum absolute atomic E-state index is 0.228. The first-order valence-corrected chi connectivity index (χ1v) is 10.6. The van der Waals surface area contributed by atoms with Crippen LogP contribution in [0.1, 0.15) is 18.4 Å². The summed E-state index contributed by atoms with van der Waals surface area (Å²) in [5.41, 5.74) is 1.37. The average molecular weight is 444 g/mol. The van der Waals surface area contributed by atoms with Gasteiger partial charge in [0.2, 0.25) is 0 Å². The van der Waals surface area contributed by atoms with Crippen LogP contribution >= 0.6 is 23.4 Å². The Bertz CT molecular complexity index is 1090. The Morgan fingerprint density at radius 1 is 1.33 bits per heavy atom. The van der Waals surface area contributed by atoms with E-state index in [9.17, 15) is 9.18 Å². The second kappa shape index (κ2) is 9.33. The fraction of sp³-hybridized carbons (Fsp3) is 0.227. The van der Waals surface area contributed by atoms with Gasteiger partial charge in [0.25, 0.3) is 11.9 Å². The second-order valence-corrected chi connectivity index (χ2v) is 7.79. The smallest absolute Gasteiger partial charge is 0.282 e. The molecule has 2 atom stereocenters. The molecule has 1 aliphatic heterocycles. The van der Waals surface area contributed by atoms with E-state index in [1.807, 2.05) is 0 Å². The van der Waals surface area contributed by atoms with Crippen LogP contribution in [0, 0.1) is 12.4 Å². The number of nitrogens with one attached hydrogen (secondary N) is 1. The maximum atomic E-state index is 14.9. The first kappa shape index (κ1) is 21.9. The van der Waals surface area contributed by atoms with Crippen LogP contribution in [0.25, 0.3) is 4.85 Å². The van der Waals surface area contributed by atoms with E-state index >= 15 is 0 Å². The summed E-state index contributed by atoms with van der Waals surface area (Å²) in [7, 11) is 1.51. The van der Waals surface area contributed by atoms with Gasteiger partial charge in [0.1, 0.15) is 17.5 Å². The second-order valence-electron chi connectivity index (χ2n) is 6.53. The molecule has 0 fully saturated rings. The van der Waals surface area contributed by atoms with E-state index in [1.165, 1.54) is 31.0 Å². The van der Waals surface area contributed by atoms with Gasteiger partial charge < -0.3 is 14.9 Å². The van der Waals surface area contributed by atoms with Crippen LogP contribution in [0.2, 0.25) is 5.02 Å². The molecule has 2 aromatic rings. The quantitative estimate of drug-likeness (QED) is 0.630. The van der Waals surface area contributed by atoms with Crippen molar-refractivity contribution in [1.29, 1.82) is 0 Å². The van der Waals surface area contributed by atoms with Crippen molar-refractivity contribution in [1.82, 2.24) is 0 Å². The third kappa shape index (κ3) is 4.20. The summed E-state index contributed by atoms with van der Waals surface area (Å²) >= 11 is 7.23. The van der Waals surface area contributed by atoms with Gasteiger partial charge in [-0.1, -0.05) is 29.8 Å². The van der Waals surface area contributed by atoms with Gasteiger partial charge in [0.05, 0.1) is 18.4 Å². The maximum Gasteiger partial charge on any atom is 0.282 e. The minimum Gasteiger partial charge on any atom is -0.495 e. The average Bonchev–Trinajstić information content (AvgIpc) is 2.73. The molecule has 30 heavy (non-hydrogen) atoms. The van der Waals surface area contributed by atoms with Gasteiger partial charge in [0.15, 0.2) is 5.04 Å². The molecule has 0 bridgehead atoms. The number of hydrogen-bond acceptors (Lipinski definition) is 4. The van der Waals surface area contributed by atoms with Crippen LogP contribution in [0.5, 0.6) is 5.75 Å². The standard InChI is InChI=1S/C22H19ClFN3O2S/c1-12-18(21(28)27-16-7-5-6-8-17(16)29-3)19(20(25-2)22(26-12)30-4)14-10-9-13(23)11-15(14)24/h5-11,19-20H,1,3-4H3,(H,27,28). The molecule has 1 N–H and O–H groups in total. The molecule has 154 valence electrons. The van der Waals surface area contributed by atoms with Gasteiger partial charge >= 0.3 is 0 Å². The Morgan fingerprint density at radius 2 is 2.07 bits per heavy atom. The van der Waals surface area contributed by atoms with Crippen molar-refractivity contribution >= 4 is 40.0 Å². The van der Waals surface area contributed by atoms with Crippen molar-refractivity contribution in [3.8, 4) is 5.75 Å². The van der Waals surface area contributed by atoms with Gasteiger partial charge in [-0.3, -0.25) is 4.79 Å². The van der Waals surface area contributed by atoms with Crippen molar-refractivity contribution in [3.63, 3.8) is 0 Å².